The number of pyridine rings is 1. The lowest BCUT2D eigenvalue weighted by molar-refractivity contribution is -0.384. The molecule has 1 aromatic heterocycles. The second-order valence-electron chi connectivity index (χ2n) is 4.57. The molecule has 11 heteroatoms. The van der Waals surface area contributed by atoms with Gasteiger partial charge in [0.05, 0.1) is 10.6 Å². The maximum absolute atomic E-state index is 11.9. The molecule has 1 amide bonds. The van der Waals surface area contributed by atoms with Crippen LogP contribution in [-0.2, 0) is 14.8 Å². The number of anilines is 1. The quantitative estimate of drug-likeness (QED) is 0.598. The first-order valence-corrected chi connectivity index (χ1v) is 8.15. The summed E-state index contributed by atoms with van der Waals surface area (Å²) in [4.78, 5) is 27.4. The molecule has 1 fully saturated rings. The normalized spacial score (nSPS) is 19.1. The lowest BCUT2D eigenvalue weighted by atomic mass is 10.3. The molecule has 0 bridgehead atoms. The molecule has 1 saturated heterocycles. The number of rotatable bonds is 3. The number of hydrogen-bond acceptors (Lipinski definition) is 6. The van der Waals surface area contributed by atoms with Crippen LogP contribution in [0.4, 0.5) is 11.5 Å². The number of aromatic nitrogens is 1. The van der Waals surface area contributed by atoms with E-state index >= 15 is 0 Å². The van der Waals surface area contributed by atoms with Gasteiger partial charge in [-0.15, -0.1) is 0 Å². The topological polar surface area (TPSA) is 137 Å². The molecule has 0 saturated carbocycles. The van der Waals surface area contributed by atoms with Crippen LogP contribution < -0.4 is 10.0 Å². The number of primary sulfonamides is 1. The Kier molecular flexibility index (Phi) is 4.00. The van der Waals surface area contributed by atoms with E-state index in [0.29, 0.717) is 10.2 Å². The zero-order chi connectivity index (χ0) is 15.9. The van der Waals surface area contributed by atoms with Crippen molar-refractivity contribution in [1.82, 2.24) is 4.98 Å². The molecule has 1 atom stereocenters. The van der Waals surface area contributed by atoms with Crippen LogP contribution in [-0.4, -0.2) is 36.0 Å². The van der Waals surface area contributed by atoms with Crippen molar-refractivity contribution in [2.24, 2.45) is 5.14 Å². The molecule has 1 unspecified atom stereocenters. The van der Waals surface area contributed by atoms with Crippen molar-refractivity contribution < 1.29 is 18.1 Å². The first kappa shape index (κ1) is 15.8. The standard InChI is InChI=1S/C10H11BrN4O5S/c1-5-7(11)3-8(15(17)18)10(13-5)14-4-6(2-9(14)16)21(12,19)20/h3,6H,2,4H2,1H3,(H2,12,19,20). The molecule has 0 aliphatic carbocycles. The first-order chi connectivity index (χ1) is 9.61. The van der Waals surface area contributed by atoms with Gasteiger partial charge in [-0.05, 0) is 22.9 Å². The summed E-state index contributed by atoms with van der Waals surface area (Å²) in [7, 11) is -3.90. The summed E-state index contributed by atoms with van der Waals surface area (Å²) < 4.78 is 23.1. The molecule has 1 aliphatic rings. The minimum Gasteiger partial charge on any atom is -0.290 e. The summed E-state index contributed by atoms with van der Waals surface area (Å²) >= 11 is 3.13. The fourth-order valence-corrected chi connectivity index (χ4v) is 3.03. The van der Waals surface area contributed by atoms with Crippen LogP contribution in [0.3, 0.4) is 0 Å². The number of sulfonamides is 1. The van der Waals surface area contributed by atoms with E-state index in [9.17, 15) is 23.3 Å². The van der Waals surface area contributed by atoms with E-state index in [1.54, 1.807) is 6.92 Å². The maximum Gasteiger partial charge on any atom is 0.313 e. The van der Waals surface area contributed by atoms with Gasteiger partial charge in [-0.25, -0.2) is 18.5 Å². The Balaban J connectivity index is 2.50. The fourth-order valence-electron chi connectivity index (χ4n) is 1.99. The lowest BCUT2D eigenvalue weighted by Crippen LogP contribution is -2.32. The number of nitro groups is 1. The van der Waals surface area contributed by atoms with Gasteiger partial charge in [-0.3, -0.25) is 19.8 Å². The molecule has 2 N–H and O–H groups in total. The zero-order valence-electron chi connectivity index (χ0n) is 10.8. The molecule has 0 radical (unpaired) electrons. The van der Waals surface area contributed by atoms with E-state index in [4.69, 9.17) is 5.14 Å². The summed E-state index contributed by atoms with van der Waals surface area (Å²) in [6.45, 7) is 1.36. The number of carbonyl (C=O) groups is 1. The van der Waals surface area contributed by atoms with Gasteiger partial charge < -0.3 is 0 Å². The van der Waals surface area contributed by atoms with Crippen molar-refractivity contribution in [3.05, 3.63) is 26.3 Å². The highest BCUT2D eigenvalue weighted by atomic mass is 79.9. The zero-order valence-corrected chi connectivity index (χ0v) is 13.2. The van der Waals surface area contributed by atoms with Crippen LogP contribution in [0.2, 0.25) is 0 Å². The van der Waals surface area contributed by atoms with Crippen LogP contribution in [0.1, 0.15) is 12.1 Å². The third-order valence-electron chi connectivity index (χ3n) is 3.12. The average molecular weight is 379 g/mol. The summed E-state index contributed by atoms with van der Waals surface area (Å²) in [5.74, 6) is -0.733. The number of halogens is 1. The third-order valence-corrected chi connectivity index (χ3v) is 5.17. The smallest absolute Gasteiger partial charge is 0.290 e. The number of amides is 1. The van der Waals surface area contributed by atoms with Crippen molar-refractivity contribution in [1.29, 1.82) is 0 Å². The van der Waals surface area contributed by atoms with E-state index in [-0.39, 0.29) is 24.5 Å². The molecule has 2 heterocycles. The molecule has 114 valence electrons. The highest BCUT2D eigenvalue weighted by Gasteiger charge is 2.40. The van der Waals surface area contributed by atoms with Crippen molar-refractivity contribution in [3.63, 3.8) is 0 Å². The Hall–Kier alpha value is -1.59. The Morgan fingerprint density at radius 3 is 2.67 bits per heavy atom. The molecule has 9 nitrogen and oxygen atoms in total. The fraction of sp³-hybridized carbons (Fsp3) is 0.400. The van der Waals surface area contributed by atoms with Gasteiger partial charge in [0.2, 0.25) is 21.7 Å². The number of carbonyl (C=O) groups excluding carboxylic acids is 1. The minimum atomic E-state index is -3.90. The van der Waals surface area contributed by atoms with Crippen LogP contribution >= 0.6 is 15.9 Å². The number of nitrogens with zero attached hydrogens (tertiary/aromatic N) is 3. The Bertz CT molecular complexity index is 735. The van der Waals surface area contributed by atoms with Gasteiger partial charge in [0.25, 0.3) is 0 Å². The Morgan fingerprint density at radius 2 is 2.19 bits per heavy atom. The van der Waals surface area contributed by atoms with E-state index in [2.05, 4.69) is 20.9 Å². The lowest BCUT2D eigenvalue weighted by Gasteiger charge is -2.16. The Morgan fingerprint density at radius 1 is 1.57 bits per heavy atom. The monoisotopic (exact) mass is 378 g/mol. The number of nitrogens with two attached hydrogens (primary N) is 1. The number of aryl methyl sites for hydroxylation is 1. The van der Waals surface area contributed by atoms with Crippen molar-refractivity contribution in [3.8, 4) is 0 Å². The molecule has 21 heavy (non-hydrogen) atoms. The summed E-state index contributed by atoms with van der Waals surface area (Å²) in [6.07, 6.45) is -0.313. The van der Waals surface area contributed by atoms with E-state index < -0.39 is 26.1 Å². The van der Waals surface area contributed by atoms with Crippen LogP contribution in [0.15, 0.2) is 10.5 Å². The summed E-state index contributed by atoms with van der Waals surface area (Å²) in [5.41, 5.74) is 0.0679. The van der Waals surface area contributed by atoms with Crippen LogP contribution in [0.5, 0.6) is 0 Å². The second-order valence-corrected chi connectivity index (χ2v) is 7.27. The van der Waals surface area contributed by atoms with Gasteiger partial charge in [0.1, 0.15) is 5.25 Å². The molecular formula is C10H11BrN4O5S. The highest BCUT2D eigenvalue weighted by Crippen LogP contribution is 2.33. The average Bonchev–Trinajstić information content (AvgIpc) is 2.74. The largest absolute Gasteiger partial charge is 0.313 e. The van der Waals surface area contributed by atoms with Gasteiger partial charge in [-0.2, -0.15) is 0 Å². The number of hydrogen-bond donors (Lipinski definition) is 1. The third kappa shape index (κ3) is 3.04. The van der Waals surface area contributed by atoms with Gasteiger partial charge in [-0.1, -0.05) is 0 Å². The van der Waals surface area contributed by atoms with E-state index in [1.165, 1.54) is 6.07 Å². The van der Waals surface area contributed by atoms with Crippen molar-refractivity contribution in [2.45, 2.75) is 18.6 Å². The molecular weight excluding hydrogens is 368 g/mol. The molecule has 2 rings (SSSR count). The van der Waals surface area contributed by atoms with E-state index in [1.807, 2.05) is 0 Å². The predicted molar refractivity (Wildman–Crippen MR) is 77.2 cm³/mol. The van der Waals surface area contributed by atoms with Crippen molar-refractivity contribution in [2.75, 3.05) is 11.4 Å². The summed E-state index contributed by atoms with van der Waals surface area (Å²) in [5, 5.41) is 15.0. The maximum atomic E-state index is 11.9. The van der Waals surface area contributed by atoms with Crippen molar-refractivity contribution >= 4 is 43.4 Å². The molecule has 0 spiro atoms. The second kappa shape index (κ2) is 5.31. The molecule has 1 aromatic rings. The molecule has 0 aromatic carbocycles. The minimum absolute atomic E-state index is 0.170. The first-order valence-electron chi connectivity index (χ1n) is 5.74. The van der Waals surface area contributed by atoms with Crippen LogP contribution in [0, 0.1) is 17.0 Å². The van der Waals surface area contributed by atoms with Gasteiger partial charge >= 0.3 is 5.69 Å². The molecule has 1 aliphatic heterocycles. The van der Waals surface area contributed by atoms with E-state index in [0.717, 1.165) is 4.90 Å². The highest BCUT2D eigenvalue weighted by molar-refractivity contribution is 9.10. The summed E-state index contributed by atoms with van der Waals surface area (Å²) in [6, 6.07) is 1.23. The SMILES string of the molecule is Cc1nc(N2CC(S(N)(=O)=O)CC2=O)c([N+](=O)[O-])cc1Br. The van der Waals surface area contributed by atoms with Gasteiger partial charge in [0.15, 0.2) is 0 Å². The predicted octanol–water partition coefficient (Wildman–Crippen LogP) is 0.455. The van der Waals surface area contributed by atoms with Gasteiger partial charge in [0, 0.05) is 23.5 Å². The van der Waals surface area contributed by atoms with Crippen LogP contribution in [0.25, 0.3) is 0 Å². The Labute approximate surface area is 128 Å².